The fourth-order valence-electron chi connectivity index (χ4n) is 2.24. The van der Waals surface area contributed by atoms with Gasteiger partial charge in [0.15, 0.2) is 0 Å². The van der Waals surface area contributed by atoms with Crippen molar-refractivity contribution in [3.63, 3.8) is 0 Å². The van der Waals surface area contributed by atoms with Crippen molar-refractivity contribution in [2.75, 3.05) is 6.61 Å². The fraction of sp³-hybridized carbons (Fsp3) is 0.357. The van der Waals surface area contributed by atoms with Crippen molar-refractivity contribution >= 4 is 22.9 Å². The molecule has 2 aromatic rings. The van der Waals surface area contributed by atoms with Gasteiger partial charge >= 0.3 is 0 Å². The molecule has 0 radical (unpaired) electrons. The summed E-state index contributed by atoms with van der Waals surface area (Å²) in [5, 5.41) is 10.7. The maximum Gasteiger partial charge on any atom is 0.123 e. The minimum Gasteiger partial charge on any atom is -0.493 e. The number of aliphatic hydroxyl groups excluding tert-OH is 1. The van der Waals surface area contributed by atoms with E-state index >= 15 is 0 Å². The summed E-state index contributed by atoms with van der Waals surface area (Å²) >= 11 is 7.15. The number of aliphatic hydroxyl groups is 1. The van der Waals surface area contributed by atoms with E-state index in [0.717, 1.165) is 25.2 Å². The van der Waals surface area contributed by atoms with E-state index in [9.17, 15) is 5.11 Å². The molecule has 0 spiro atoms. The van der Waals surface area contributed by atoms with Gasteiger partial charge in [0.25, 0.3) is 0 Å². The Bertz CT molecular complexity index is 585. The van der Waals surface area contributed by atoms with Crippen LogP contribution in [0.4, 0.5) is 0 Å². The van der Waals surface area contributed by atoms with Gasteiger partial charge in [-0.3, -0.25) is 0 Å². The first-order chi connectivity index (χ1) is 9.22. The molecule has 1 aliphatic rings. The third-order valence-corrected chi connectivity index (χ3v) is 4.46. The van der Waals surface area contributed by atoms with Crippen LogP contribution in [0.3, 0.4) is 0 Å². The van der Waals surface area contributed by atoms with Gasteiger partial charge in [-0.25, -0.2) is 4.98 Å². The minimum atomic E-state index is -0.540. The molecule has 0 saturated heterocycles. The molecule has 1 aliphatic heterocycles. The molecule has 1 aromatic carbocycles. The molecular formula is C14H14ClNO2S. The molecule has 2 heterocycles. The number of aryl methyl sites for hydroxylation is 1. The Morgan fingerprint density at radius 2 is 2.37 bits per heavy atom. The summed E-state index contributed by atoms with van der Waals surface area (Å²) in [6.45, 7) is 0.777. The molecular weight excluding hydrogens is 282 g/mol. The predicted octanol–water partition coefficient (Wildman–Crippen LogP) is 3.40. The zero-order chi connectivity index (χ0) is 13.2. The Balaban J connectivity index is 1.63. The van der Waals surface area contributed by atoms with Gasteiger partial charge in [0.05, 0.1) is 12.8 Å². The molecule has 1 N–H and O–H groups in total. The van der Waals surface area contributed by atoms with Crippen LogP contribution in [0.15, 0.2) is 24.4 Å². The monoisotopic (exact) mass is 295 g/mol. The standard InChI is InChI=1S/C14H14ClNO2S/c15-13-8-16-14(19-13)11(17)3-1-9-2-4-12-10(7-9)5-6-18-12/h2,4,7-8,11,17H,1,3,5-6H2. The SMILES string of the molecule is OC(CCc1ccc2c(c1)CCO2)c1ncc(Cl)s1. The highest BCUT2D eigenvalue weighted by atomic mass is 35.5. The van der Waals surface area contributed by atoms with E-state index in [1.54, 1.807) is 6.20 Å². The van der Waals surface area contributed by atoms with Gasteiger partial charge in [0.2, 0.25) is 0 Å². The highest BCUT2D eigenvalue weighted by Gasteiger charge is 2.14. The van der Waals surface area contributed by atoms with Crippen LogP contribution < -0.4 is 4.74 Å². The fourth-order valence-corrected chi connectivity index (χ4v) is 3.19. The number of hydrogen-bond donors (Lipinski definition) is 1. The lowest BCUT2D eigenvalue weighted by Crippen LogP contribution is -1.99. The molecule has 0 fully saturated rings. The first-order valence-corrected chi connectivity index (χ1v) is 7.46. The molecule has 1 atom stereocenters. The number of hydrogen-bond acceptors (Lipinski definition) is 4. The zero-order valence-electron chi connectivity index (χ0n) is 10.3. The number of nitrogens with zero attached hydrogens (tertiary/aromatic N) is 1. The summed E-state index contributed by atoms with van der Waals surface area (Å²) in [7, 11) is 0. The number of halogens is 1. The number of thiazole rings is 1. The van der Waals surface area contributed by atoms with E-state index in [-0.39, 0.29) is 0 Å². The van der Waals surface area contributed by atoms with Crippen molar-refractivity contribution < 1.29 is 9.84 Å². The smallest absolute Gasteiger partial charge is 0.123 e. The van der Waals surface area contributed by atoms with Crippen molar-refractivity contribution in [2.24, 2.45) is 0 Å². The number of aromatic nitrogens is 1. The first-order valence-electron chi connectivity index (χ1n) is 6.26. The predicted molar refractivity (Wildman–Crippen MR) is 76.0 cm³/mol. The Morgan fingerprint density at radius 1 is 1.47 bits per heavy atom. The molecule has 0 saturated carbocycles. The Hall–Kier alpha value is -1.10. The van der Waals surface area contributed by atoms with Gasteiger partial charge in [0, 0.05) is 6.42 Å². The maximum atomic E-state index is 10.1. The van der Waals surface area contributed by atoms with Crippen molar-refractivity contribution in [1.82, 2.24) is 4.98 Å². The van der Waals surface area contributed by atoms with Crippen LogP contribution in [0.2, 0.25) is 4.34 Å². The largest absolute Gasteiger partial charge is 0.493 e. The van der Waals surface area contributed by atoms with Crippen LogP contribution in [-0.4, -0.2) is 16.7 Å². The zero-order valence-corrected chi connectivity index (χ0v) is 11.9. The minimum absolute atomic E-state index is 0.540. The summed E-state index contributed by atoms with van der Waals surface area (Å²) in [6, 6.07) is 6.25. The third-order valence-electron chi connectivity index (χ3n) is 3.24. The van der Waals surface area contributed by atoms with E-state index in [1.807, 2.05) is 6.07 Å². The average molecular weight is 296 g/mol. The summed E-state index contributed by atoms with van der Waals surface area (Å²) in [5.41, 5.74) is 2.50. The molecule has 0 amide bonds. The second-order valence-electron chi connectivity index (χ2n) is 4.60. The van der Waals surface area contributed by atoms with E-state index < -0.39 is 6.10 Å². The van der Waals surface area contributed by atoms with Gasteiger partial charge in [-0.2, -0.15) is 0 Å². The second-order valence-corrected chi connectivity index (χ2v) is 6.29. The van der Waals surface area contributed by atoms with Crippen LogP contribution in [0.1, 0.15) is 28.7 Å². The summed E-state index contributed by atoms with van der Waals surface area (Å²) in [6.07, 6.45) is 3.50. The normalized spacial score (nSPS) is 15.1. The molecule has 5 heteroatoms. The van der Waals surface area contributed by atoms with Gasteiger partial charge < -0.3 is 9.84 Å². The van der Waals surface area contributed by atoms with Crippen LogP contribution in [0.5, 0.6) is 5.75 Å². The summed E-state index contributed by atoms with van der Waals surface area (Å²) in [4.78, 5) is 4.10. The Morgan fingerprint density at radius 3 is 3.16 bits per heavy atom. The summed E-state index contributed by atoms with van der Waals surface area (Å²) < 4.78 is 6.09. The lowest BCUT2D eigenvalue weighted by Gasteiger charge is -2.08. The van der Waals surface area contributed by atoms with E-state index in [0.29, 0.717) is 15.8 Å². The van der Waals surface area contributed by atoms with Crippen LogP contribution >= 0.6 is 22.9 Å². The Kier molecular flexibility index (Phi) is 3.73. The molecule has 0 aliphatic carbocycles. The van der Waals surface area contributed by atoms with E-state index in [2.05, 4.69) is 17.1 Å². The average Bonchev–Trinajstić information content (AvgIpc) is 3.03. The van der Waals surface area contributed by atoms with Crippen molar-refractivity contribution in [2.45, 2.75) is 25.4 Å². The van der Waals surface area contributed by atoms with Crippen LogP contribution in [0.25, 0.3) is 0 Å². The molecule has 3 nitrogen and oxygen atoms in total. The number of benzene rings is 1. The number of ether oxygens (including phenoxy) is 1. The molecule has 0 bridgehead atoms. The van der Waals surface area contributed by atoms with Crippen LogP contribution in [0, 0.1) is 0 Å². The molecule has 19 heavy (non-hydrogen) atoms. The topological polar surface area (TPSA) is 42.4 Å². The third kappa shape index (κ3) is 2.91. The summed E-state index contributed by atoms with van der Waals surface area (Å²) in [5.74, 6) is 0.996. The maximum absolute atomic E-state index is 10.1. The van der Waals surface area contributed by atoms with Gasteiger partial charge in [-0.1, -0.05) is 23.7 Å². The van der Waals surface area contributed by atoms with Gasteiger partial charge in [0.1, 0.15) is 21.2 Å². The Labute approximate surface area is 120 Å². The molecule has 1 unspecified atom stereocenters. The lowest BCUT2D eigenvalue weighted by atomic mass is 10.0. The highest BCUT2D eigenvalue weighted by molar-refractivity contribution is 7.15. The van der Waals surface area contributed by atoms with Crippen molar-refractivity contribution in [1.29, 1.82) is 0 Å². The molecule has 1 aromatic heterocycles. The number of rotatable bonds is 4. The first kappa shape index (κ1) is 12.9. The lowest BCUT2D eigenvalue weighted by molar-refractivity contribution is 0.167. The molecule has 100 valence electrons. The second kappa shape index (κ2) is 5.49. The number of fused-ring (bicyclic) bond motifs is 1. The van der Waals surface area contributed by atoms with Crippen LogP contribution in [-0.2, 0) is 12.8 Å². The van der Waals surface area contributed by atoms with E-state index in [1.165, 1.54) is 22.5 Å². The van der Waals surface area contributed by atoms with E-state index in [4.69, 9.17) is 16.3 Å². The highest BCUT2D eigenvalue weighted by Crippen LogP contribution is 2.29. The van der Waals surface area contributed by atoms with Crippen molar-refractivity contribution in [3.05, 3.63) is 44.9 Å². The quantitative estimate of drug-likeness (QED) is 0.940. The van der Waals surface area contributed by atoms with Crippen molar-refractivity contribution in [3.8, 4) is 5.75 Å². The van der Waals surface area contributed by atoms with Gasteiger partial charge in [-0.05, 0) is 30.0 Å². The molecule has 3 rings (SSSR count). The van der Waals surface area contributed by atoms with Gasteiger partial charge in [-0.15, -0.1) is 11.3 Å².